The number of hydrazone groups is 1. The maximum atomic E-state index is 11.8. The van der Waals surface area contributed by atoms with Crippen LogP contribution in [0.15, 0.2) is 41.5 Å². The molecule has 0 aromatic heterocycles. The van der Waals surface area contributed by atoms with Crippen molar-refractivity contribution in [3.63, 3.8) is 0 Å². The minimum atomic E-state index is -0.382. The molecule has 2 aromatic carbocycles. The maximum Gasteiger partial charge on any atom is 0.277 e. The van der Waals surface area contributed by atoms with E-state index >= 15 is 0 Å². The first-order valence-electron chi connectivity index (χ1n) is 7.47. The summed E-state index contributed by atoms with van der Waals surface area (Å²) in [6, 6.07) is 10.6. The van der Waals surface area contributed by atoms with Crippen molar-refractivity contribution in [2.45, 2.75) is 6.92 Å². The van der Waals surface area contributed by atoms with Crippen molar-refractivity contribution in [2.24, 2.45) is 5.10 Å². The smallest absolute Gasteiger partial charge is 0.277 e. The van der Waals surface area contributed by atoms with Crippen molar-refractivity contribution in [3.8, 4) is 17.2 Å². The van der Waals surface area contributed by atoms with Crippen LogP contribution in [0, 0.1) is 6.92 Å². The molecule has 6 nitrogen and oxygen atoms in total. The number of hydrogen-bond donors (Lipinski definition) is 1. The highest BCUT2D eigenvalue weighted by Gasteiger charge is 2.08. The van der Waals surface area contributed by atoms with Gasteiger partial charge in [-0.3, -0.25) is 4.79 Å². The molecule has 0 radical (unpaired) electrons. The van der Waals surface area contributed by atoms with E-state index in [0.29, 0.717) is 27.8 Å². The lowest BCUT2D eigenvalue weighted by Gasteiger charge is -2.10. The highest BCUT2D eigenvalue weighted by atomic mass is 35.5. The van der Waals surface area contributed by atoms with E-state index in [0.717, 1.165) is 5.56 Å². The number of carbonyl (C=O) groups is 1. The predicted molar refractivity (Wildman–Crippen MR) is 97.0 cm³/mol. The number of aryl methyl sites for hydroxylation is 1. The quantitative estimate of drug-likeness (QED) is 0.606. The molecule has 0 saturated carbocycles. The van der Waals surface area contributed by atoms with Crippen LogP contribution in [-0.4, -0.2) is 32.9 Å². The van der Waals surface area contributed by atoms with Crippen molar-refractivity contribution in [1.82, 2.24) is 5.43 Å². The van der Waals surface area contributed by atoms with E-state index in [1.807, 2.05) is 6.92 Å². The molecule has 0 aliphatic carbocycles. The molecule has 0 spiro atoms. The van der Waals surface area contributed by atoms with Gasteiger partial charge in [-0.1, -0.05) is 17.7 Å². The first-order valence-corrected chi connectivity index (χ1v) is 7.84. The van der Waals surface area contributed by atoms with E-state index in [2.05, 4.69) is 10.5 Å². The summed E-state index contributed by atoms with van der Waals surface area (Å²) in [5.41, 5.74) is 3.93. The van der Waals surface area contributed by atoms with Crippen molar-refractivity contribution in [3.05, 3.63) is 52.5 Å². The molecule has 2 aromatic rings. The molecule has 0 heterocycles. The SMILES string of the molecule is COc1cccc(C=NNC(=O)COc2ccc(Cl)cc2C)c1OC. The number of nitrogens with one attached hydrogen (secondary N) is 1. The minimum absolute atomic E-state index is 0.158. The van der Waals surface area contributed by atoms with Gasteiger partial charge in [-0.05, 0) is 42.8 Å². The third-order valence-electron chi connectivity index (χ3n) is 3.32. The summed E-state index contributed by atoms with van der Waals surface area (Å²) in [6.45, 7) is 1.70. The van der Waals surface area contributed by atoms with Crippen LogP contribution in [-0.2, 0) is 4.79 Å². The van der Waals surface area contributed by atoms with Gasteiger partial charge in [0.05, 0.1) is 20.4 Å². The fourth-order valence-corrected chi connectivity index (χ4v) is 2.36. The van der Waals surface area contributed by atoms with E-state index in [-0.39, 0.29) is 12.5 Å². The van der Waals surface area contributed by atoms with Gasteiger partial charge in [0.1, 0.15) is 5.75 Å². The third kappa shape index (κ3) is 5.12. The molecule has 0 bridgehead atoms. The number of para-hydroxylation sites is 1. The topological polar surface area (TPSA) is 69.2 Å². The second kappa shape index (κ2) is 8.94. The fraction of sp³-hybridized carbons (Fsp3) is 0.222. The molecular weight excluding hydrogens is 344 g/mol. The fourth-order valence-electron chi connectivity index (χ4n) is 2.14. The minimum Gasteiger partial charge on any atom is -0.493 e. The summed E-state index contributed by atoms with van der Waals surface area (Å²) < 4.78 is 15.9. The molecule has 25 heavy (non-hydrogen) atoms. The Kier molecular flexibility index (Phi) is 6.65. The highest BCUT2D eigenvalue weighted by molar-refractivity contribution is 6.30. The molecule has 0 aliphatic rings. The molecular formula is C18H19ClN2O4. The van der Waals surface area contributed by atoms with E-state index in [1.54, 1.807) is 43.5 Å². The van der Waals surface area contributed by atoms with Gasteiger partial charge in [-0.15, -0.1) is 0 Å². The Hall–Kier alpha value is -2.73. The number of rotatable bonds is 7. The second-order valence-electron chi connectivity index (χ2n) is 5.07. The van der Waals surface area contributed by atoms with E-state index in [4.69, 9.17) is 25.8 Å². The number of methoxy groups -OCH3 is 2. The summed E-state index contributed by atoms with van der Waals surface area (Å²) in [5, 5.41) is 4.53. The Balaban J connectivity index is 1.92. The first kappa shape index (κ1) is 18.6. The van der Waals surface area contributed by atoms with Gasteiger partial charge in [-0.25, -0.2) is 5.43 Å². The molecule has 1 amide bonds. The van der Waals surface area contributed by atoms with Gasteiger partial charge in [0, 0.05) is 10.6 Å². The normalized spacial score (nSPS) is 10.6. The third-order valence-corrected chi connectivity index (χ3v) is 3.56. The van der Waals surface area contributed by atoms with Crippen LogP contribution < -0.4 is 19.6 Å². The number of halogens is 1. The van der Waals surface area contributed by atoms with Crippen LogP contribution in [0.5, 0.6) is 17.2 Å². The predicted octanol–water partition coefficient (Wildman–Crippen LogP) is 3.19. The monoisotopic (exact) mass is 362 g/mol. The Labute approximate surface area is 151 Å². The van der Waals surface area contributed by atoms with Crippen molar-refractivity contribution in [1.29, 1.82) is 0 Å². The number of hydrogen-bond acceptors (Lipinski definition) is 5. The molecule has 2 rings (SSSR count). The molecule has 0 fully saturated rings. The standard InChI is InChI=1S/C18H19ClN2O4/c1-12-9-14(19)7-8-15(12)25-11-17(22)21-20-10-13-5-4-6-16(23-2)18(13)24-3/h4-10H,11H2,1-3H3,(H,21,22). The average molecular weight is 363 g/mol. The summed E-state index contributed by atoms with van der Waals surface area (Å²) in [4.78, 5) is 11.8. The molecule has 1 N–H and O–H groups in total. The van der Waals surface area contributed by atoms with Gasteiger partial charge < -0.3 is 14.2 Å². The Bertz CT molecular complexity index is 778. The number of ether oxygens (including phenoxy) is 3. The van der Waals surface area contributed by atoms with Crippen LogP contribution in [0.4, 0.5) is 0 Å². The van der Waals surface area contributed by atoms with E-state index < -0.39 is 0 Å². The van der Waals surface area contributed by atoms with Gasteiger partial charge >= 0.3 is 0 Å². The zero-order valence-corrected chi connectivity index (χ0v) is 15.0. The van der Waals surface area contributed by atoms with Crippen LogP contribution in [0.1, 0.15) is 11.1 Å². The molecule has 0 atom stereocenters. The van der Waals surface area contributed by atoms with Crippen LogP contribution >= 0.6 is 11.6 Å². The number of nitrogens with zero attached hydrogens (tertiary/aromatic N) is 1. The lowest BCUT2D eigenvalue weighted by atomic mass is 10.2. The summed E-state index contributed by atoms with van der Waals surface area (Å²) in [6.07, 6.45) is 1.48. The number of amides is 1. The van der Waals surface area contributed by atoms with E-state index in [1.165, 1.54) is 13.3 Å². The number of benzene rings is 2. The Morgan fingerprint density at radius 1 is 1.20 bits per heavy atom. The van der Waals surface area contributed by atoms with Crippen molar-refractivity contribution >= 4 is 23.7 Å². The lowest BCUT2D eigenvalue weighted by Crippen LogP contribution is -2.24. The summed E-state index contributed by atoms with van der Waals surface area (Å²) in [5.74, 6) is 1.33. The summed E-state index contributed by atoms with van der Waals surface area (Å²) >= 11 is 5.88. The zero-order chi connectivity index (χ0) is 18.2. The molecule has 0 unspecified atom stereocenters. The van der Waals surface area contributed by atoms with Gasteiger partial charge in [0.25, 0.3) is 5.91 Å². The maximum absolute atomic E-state index is 11.8. The molecule has 132 valence electrons. The van der Waals surface area contributed by atoms with E-state index in [9.17, 15) is 4.79 Å². The first-order chi connectivity index (χ1) is 12.0. The molecule has 0 saturated heterocycles. The highest BCUT2D eigenvalue weighted by Crippen LogP contribution is 2.29. The Morgan fingerprint density at radius 2 is 2.00 bits per heavy atom. The number of carbonyl (C=O) groups excluding carboxylic acids is 1. The van der Waals surface area contributed by atoms with Crippen molar-refractivity contribution < 1.29 is 19.0 Å². The summed E-state index contributed by atoms with van der Waals surface area (Å²) in [7, 11) is 3.09. The molecule has 0 aliphatic heterocycles. The van der Waals surface area contributed by atoms with Gasteiger partial charge in [0.2, 0.25) is 0 Å². The van der Waals surface area contributed by atoms with Gasteiger partial charge in [0.15, 0.2) is 18.1 Å². The van der Waals surface area contributed by atoms with Crippen molar-refractivity contribution in [2.75, 3.05) is 20.8 Å². The molecule has 7 heteroatoms. The van der Waals surface area contributed by atoms with Crippen LogP contribution in [0.25, 0.3) is 0 Å². The largest absolute Gasteiger partial charge is 0.493 e. The average Bonchev–Trinajstić information content (AvgIpc) is 2.60. The zero-order valence-electron chi connectivity index (χ0n) is 14.2. The lowest BCUT2D eigenvalue weighted by molar-refractivity contribution is -0.123. The Morgan fingerprint density at radius 3 is 2.68 bits per heavy atom. The van der Waals surface area contributed by atoms with Crippen LogP contribution in [0.3, 0.4) is 0 Å². The van der Waals surface area contributed by atoms with Crippen LogP contribution in [0.2, 0.25) is 5.02 Å². The van der Waals surface area contributed by atoms with Gasteiger partial charge in [-0.2, -0.15) is 5.10 Å². The second-order valence-corrected chi connectivity index (χ2v) is 5.51.